The van der Waals surface area contributed by atoms with Gasteiger partial charge in [-0.3, -0.25) is 19.3 Å². The molecule has 2 saturated carbocycles. The lowest BCUT2D eigenvalue weighted by atomic mass is 9.81. The molecule has 1 saturated heterocycles. The van der Waals surface area contributed by atoms with Crippen LogP contribution >= 0.6 is 23.2 Å². The van der Waals surface area contributed by atoms with Crippen LogP contribution in [0, 0.1) is 23.7 Å². The predicted molar refractivity (Wildman–Crippen MR) is 122 cm³/mol. The Kier molecular flexibility index (Phi) is 5.62. The Bertz CT molecular complexity index is 1140. The van der Waals surface area contributed by atoms with Crippen molar-refractivity contribution in [3.05, 3.63) is 58.1 Å². The van der Waals surface area contributed by atoms with Crippen LogP contribution in [-0.2, 0) is 19.1 Å². The van der Waals surface area contributed by atoms with Crippen LogP contribution in [0.5, 0.6) is 0 Å². The van der Waals surface area contributed by atoms with E-state index in [0.29, 0.717) is 33.3 Å². The number of benzene rings is 2. The fraction of sp³-hybridized carbons (Fsp3) is 0.333. The molecule has 1 aliphatic heterocycles. The molecule has 0 aromatic heterocycles. The van der Waals surface area contributed by atoms with Crippen molar-refractivity contribution in [3.63, 3.8) is 0 Å². The van der Waals surface area contributed by atoms with E-state index in [9.17, 15) is 19.2 Å². The lowest BCUT2D eigenvalue weighted by Gasteiger charge is -2.19. The molecule has 2 aromatic carbocycles. The number of halogens is 2. The van der Waals surface area contributed by atoms with E-state index in [1.807, 2.05) is 0 Å². The third-order valence-electron chi connectivity index (χ3n) is 6.83. The summed E-state index contributed by atoms with van der Waals surface area (Å²) in [6, 6.07) is 10.7. The van der Waals surface area contributed by atoms with Crippen LogP contribution in [0.4, 0.5) is 11.4 Å². The fourth-order valence-electron chi connectivity index (χ4n) is 5.40. The average Bonchev–Trinajstić information content (AvgIpc) is 3.48. The second kappa shape index (κ2) is 8.47. The zero-order valence-electron chi connectivity index (χ0n) is 17.4. The van der Waals surface area contributed by atoms with Gasteiger partial charge in [0.2, 0.25) is 11.8 Å². The van der Waals surface area contributed by atoms with Gasteiger partial charge < -0.3 is 10.1 Å². The van der Waals surface area contributed by atoms with E-state index in [2.05, 4.69) is 5.32 Å². The van der Waals surface area contributed by atoms with Gasteiger partial charge in [0, 0.05) is 5.02 Å². The zero-order chi connectivity index (χ0) is 23.3. The summed E-state index contributed by atoms with van der Waals surface area (Å²) in [5.74, 6) is -1.33. The van der Waals surface area contributed by atoms with Gasteiger partial charge in [-0.25, -0.2) is 4.79 Å². The van der Waals surface area contributed by atoms with Gasteiger partial charge in [0.25, 0.3) is 5.91 Å². The summed E-state index contributed by atoms with van der Waals surface area (Å²) >= 11 is 11.9. The summed E-state index contributed by atoms with van der Waals surface area (Å²) in [5.41, 5.74) is 0.961. The highest BCUT2D eigenvalue weighted by molar-refractivity contribution is 6.35. The third kappa shape index (κ3) is 3.89. The van der Waals surface area contributed by atoms with Crippen LogP contribution in [0.15, 0.2) is 42.5 Å². The van der Waals surface area contributed by atoms with Crippen molar-refractivity contribution in [2.24, 2.45) is 23.7 Å². The number of imide groups is 1. The lowest BCUT2D eigenvalue weighted by molar-refractivity contribution is -0.123. The highest BCUT2D eigenvalue weighted by atomic mass is 35.5. The maximum atomic E-state index is 12.9. The Morgan fingerprint density at radius 2 is 1.61 bits per heavy atom. The van der Waals surface area contributed by atoms with Crippen molar-refractivity contribution in [1.82, 2.24) is 0 Å². The molecule has 3 aliphatic rings. The van der Waals surface area contributed by atoms with Crippen molar-refractivity contribution >= 4 is 58.3 Å². The first-order chi connectivity index (χ1) is 15.8. The maximum Gasteiger partial charge on any atom is 0.338 e. The van der Waals surface area contributed by atoms with Crippen LogP contribution in [-0.4, -0.2) is 30.3 Å². The van der Waals surface area contributed by atoms with E-state index < -0.39 is 18.5 Å². The average molecular weight is 487 g/mol. The smallest absolute Gasteiger partial charge is 0.338 e. The topological polar surface area (TPSA) is 92.8 Å². The SMILES string of the molecule is O=C(COC(=O)c1ccc(N2C(=O)[C@H]3[C@H]4CC[C@@H](C4)[C@@H]3C2=O)cc1)Nc1cc(Cl)ccc1Cl. The number of carbonyl (C=O) groups is 4. The van der Waals surface area contributed by atoms with Crippen LogP contribution < -0.4 is 10.2 Å². The van der Waals surface area contributed by atoms with Crippen molar-refractivity contribution in [1.29, 1.82) is 0 Å². The Morgan fingerprint density at radius 1 is 0.970 bits per heavy atom. The van der Waals surface area contributed by atoms with Crippen molar-refractivity contribution < 1.29 is 23.9 Å². The largest absolute Gasteiger partial charge is 0.452 e. The molecule has 1 heterocycles. The van der Waals surface area contributed by atoms with E-state index in [1.165, 1.54) is 23.1 Å². The minimum absolute atomic E-state index is 0.135. The highest BCUT2D eigenvalue weighted by Crippen LogP contribution is 2.56. The van der Waals surface area contributed by atoms with E-state index >= 15 is 0 Å². The number of esters is 1. The Hall–Kier alpha value is -2.90. The number of nitrogens with one attached hydrogen (secondary N) is 1. The van der Waals surface area contributed by atoms with E-state index in [1.54, 1.807) is 24.3 Å². The van der Waals surface area contributed by atoms with Crippen molar-refractivity contribution in [2.75, 3.05) is 16.8 Å². The summed E-state index contributed by atoms with van der Waals surface area (Å²) in [7, 11) is 0. The monoisotopic (exact) mass is 486 g/mol. The number of anilines is 2. The van der Waals surface area contributed by atoms with Crippen LogP contribution in [0.3, 0.4) is 0 Å². The number of rotatable bonds is 5. The van der Waals surface area contributed by atoms with E-state index in [0.717, 1.165) is 19.3 Å². The quantitative estimate of drug-likeness (QED) is 0.501. The lowest BCUT2D eigenvalue weighted by Crippen LogP contribution is -2.32. The molecule has 33 heavy (non-hydrogen) atoms. The molecule has 2 aliphatic carbocycles. The molecule has 2 bridgehead atoms. The second-order valence-electron chi connectivity index (χ2n) is 8.69. The molecule has 3 amide bonds. The molecule has 170 valence electrons. The van der Waals surface area contributed by atoms with Crippen molar-refractivity contribution in [2.45, 2.75) is 19.3 Å². The molecule has 5 rings (SSSR count). The fourth-order valence-corrected chi connectivity index (χ4v) is 5.74. The second-order valence-corrected chi connectivity index (χ2v) is 9.54. The molecule has 9 heteroatoms. The van der Waals surface area contributed by atoms with Crippen LogP contribution in [0.2, 0.25) is 10.0 Å². The molecule has 3 fully saturated rings. The number of amides is 3. The normalized spacial score (nSPS) is 25.3. The molecule has 1 N–H and O–H groups in total. The minimum Gasteiger partial charge on any atom is -0.452 e. The molecule has 0 radical (unpaired) electrons. The molecule has 0 unspecified atom stereocenters. The highest BCUT2D eigenvalue weighted by Gasteiger charge is 2.61. The molecule has 0 spiro atoms. The van der Waals surface area contributed by atoms with Crippen LogP contribution in [0.25, 0.3) is 0 Å². The first-order valence-corrected chi connectivity index (χ1v) is 11.5. The van der Waals surface area contributed by atoms with E-state index in [4.69, 9.17) is 27.9 Å². The number of ether oxygens (including phenoxy) is 1. The summed E-state index contributed by atoms with van der Waals surface area (Å²) in [6.07, 6.45) is 3.00. The Balaban J connectivity index is 1.20. The molecular weight excluding hydrogens is 467 g/mol. The van der Waals surface area contributed by atoms with Gasteiger partial charge in [-0.2, -0.15) is 0 Å². The predicted octanol–water partition coefficient (Wildman–Crippen LogP) is 4.32. The summed E-state index contributed by atoms with van der Waals surface area (Å²) < 4.78 is 5.06. The van der Waals surface area contributed by atoms with Gasteiger partial charge in [-0.05, 0) is 73.6 Å². The van der Waals surface area contributed by atoms with Gasteiger partial charge in [0.1, 0.15) is 0 Å². The summed E-state index contributed by atoms with van der Waals surface area (Å²) in [6.45, 7) is -0.515. The number of carbonyl (C=O) groups excluding carboxylic acids is 4. The van der Waals surface area contributed by atoms with Gasteiger partial charge in [-0.1, -0.05) is 23.2 Å². The van der Waals surface area contributed by atoms with Gasteiger partial charge >= 0.3 is 5.97 Å². The van der Waals surface area contributed by atoms with Gasteiger partial charge in [0.05, 0.1) is 33.8 Å². The molecular formula is C24H20Cl2N2O5. The standard InChI is InChI=1S/C24H20Cl2N2O5/c25-15-5-8-17(26)18(10-15)27-19(29)11-33-24(32)12-3-6-16(7-4-12)28-22(30)20-13-1-2-14(9-13)21(20)23(28)31/h3-8,10,13-14,20-21H,1-2,9,11H2,(H,27,29)/t13-,14-,20-,21-/m0/s1. The molecule has 4 atom stereocenters. The summed E-state index contributed by atoms with van der Waals surface area (Å²) in [4.78, 5) is 51.6. The first-order valence-electron chi connectivity index (χ1n) is 10.7. The summed E-state index contributed by atoms with van der Waals surface area (Å²) in [5, 5.41) is 3.24. The number of hydrogen-bond donors (Lipinski definition) is 1. The van der Waals surface area contributed by atoms with Crippen LogP contribution in [0.1, 0.15) is 29.6 Å². The molecule has 2 aromatic rings. The van der Waals surface area contributed by atoms with Gasteiger partial charge in [-0.15, -0.1) is 0 Å². The number of nitrogens with zero attached hydrogens (tertiary/aromatic N) is 1. The maximum absolute atomic E-state index is 12.9. The first kappa shape index (κ1) is 21.9. The minimum atomic E-state index is -0.706. The molecule has 7 nitrogen and oxygen atoms in total. The zero-order valence-corrected chi connectivity index (χ0v) is 18.9. The Morgan fingerprint density at radius 3 is 2.24 bits per heavy atom. The van der Waals surface area contributed by atoms with Crippen molar-refractivity contribution in [3.8, 4) is 0 Å². The van der Waals surface area contributed by atoms with E-state index in [-0.39, 0.29) is 29.2 Å². The third-order valence-corrected chi connectivity index (χ3v) is 7.39. The Labute approximate surface area is 200 Å². The number of fused-ring (bicyclic) bond motifs is 5. The van der Waals surface area contributed by atoms with Gasteiger partial charge in [0.15, 0.2) is 6.61 Å². The number of hydrogen-bond acceptors (Lipinski definition) is 5.